The summed E-state index contributed by atoms with van der Waals surface area (Å²) in [5.41, 5.74) is 7.56. The number of urea groups is 1. The number of amides is 2. The van der Waals surface area contributed by atoms with Crippen LogP contribution in [0, 0.1) is 5.82 Å². The fourth-order valence-corrected chi connectivity index (χ4v) is 4.98. The number of aromatic nitrogens is 4. The molecule has 10 heteroatoms. The number of nitrogens with zero attached hydrogens (tertiary/aromatic N) is 7. The van der Waals surface area contributed by atoms with Crippen molar-refractivity contribution in [1.29, 1.82) is 0 Å². The molecule has 3 aromatic rings. The van der Waals surface area contributed by atoms with Crippen LogP contribution in [0.3, 0.4) is 0 Å². The fourth-order valence-electron chi connectivity index (χ4n) is 4.98. The zero-order valence-corrected chi connectivity index (χ0v) is 20.7. The quantitative estimate of drug-likeness (QED) is 0.571. The molecule has 1 saturated heterocycles. The summed E-state index contributed by atoms with van der Waals surface area (Å²) < 4.78 is 18.5. The number of likely N-dealkylation sites (tertiary alicyclic amines) is 1. The zero-order chi connectivity index (χ0) is 25.4. The van der Waals surface area contributed by atoms with Crippen molar-refractivity contribution in [3.63, 3.8) is 0 Å². The molecule has 4 heterocycles. The number of carbonyl (C=O) groups excluding carboxylic acids is 1. The van der Waals surface area contributed by atoms with Crippen molar-refractivity contribution in [3.8, 4) is 11.5 Å². The number of halogens is 1. The van der Waals surface area contributed by atoms with E-state index in [2.05, 4.69) is 21.1 Å². The first-order chi connectivity index (χ1) is 18.1. The summed E-state index contributed by atoms with van der Waals surface area (Å²) in [6.45, 7) is 2.64. The molecule has 9 nitrogen and oxygen atoms in total. The van der Waals surface area contributed by atoms with Gasteiger partial charge in [-0.25, -0.2) is 23.5 Å². The van der Waals surface area contributed by atoms with Crippen LogP contribution in [0.1, 0.15) is 55.2 Å². The Morgan fingerprint density at radius 3 is 2.49 bits per heavy atom. The number of benzene rings is 1. The molecule has 2 N–H and O–H groups in total. The molecule has 2 aromatic heterocycles. The molecule has 0 atom stereocenters. The number of hydrogen-bond acceptors (Lipinski definition) is 5. The largest absolute Gasteiger partial charge is 0.351 e. The van der Waals surface area contributed by atoms with Crippen molar-refractivity contribution in [2.24, 2.45) is 10.7 Å². The Labute approximate surface area is 215 Å². The lowest BCUT2D eigenvalue weighted by molar-refractivity contribution is 0.0462. The van der Waals surface area contributed by atoms with Gasteiger partial charge in [-0.1, -0.05) is 12.5 Å². The summed E-state index contributed by atoms with van der Waals surface area (Å²) in [4.78, 5) is 18.0. The molecular weight excluding hydrogens is 471 g/mol. The molecule has 2 aliphatic carbocycles. The number of nitrogens with two attached hydrogens (primary N) is 1. The lowest BCUT2D eigenvalue weighted by Gasteiger charge is -2.47. The third-order valence-corrected chi connectivity index (χ3v) is 7.60. The van der Waals surface area contributed by atoms with E-state index in [1.54, 1.807) is 33.9 Å². The van der Waals surface area contributed by atoms with E-state index in [1.165, 1.54) is 43.3 Å². The highest BCUT2D eigenvalue weighted by atomic mass is 19.1. The first kappa shape index (κ1) is 23.6. The number of primary amides is 1. The minimum absolute atomic E-state index is 0.211. The van der Waals surface area contributed by atoms with Gasteiger partial charge in [0, 0.05) is 56.3 Å². The maximum Gasteiger partial charge on any atom is 0.320 e. The van der Waals surface area contributed by atoms with Gasteiger partial charge in [-0.3, -0.25) is 9.80 Å². The second-order valence-electron chi connectivity index (χ2n) is 10.2. The van der Waals surface area contributed by atoms with Gasteiger partial charge in [0.25, 0.3) is 0 Å². The van der Waals surface area contributed by atoms with Gasteiger partial charge in [0.1, 0.15) is 11.5 Å². The molecule has 2 saturated carbocycles. The van der Waals surface area contributed by atoms with Crippen molar-refractivity contribution < 1.29 is 9.18 Å². The van der Waals surface area contributed by atoms with Gasteiger partial charge in [0.05, 0.1) is 12.0 Å². The molecule has 2 amide bonds. The van der Waals surface area contributed by atoms with Crippen LogP contribution in [0.4, 0.5) is 9.18 Å². The fraction of sp³-hybridized carbons (Fsp3) is 0.407. The standard InChI is InChI=1S/C22H24FN5.C5H7N3O/c23-19-11-16(15-5-6-15)7-8-21(19)28-22(27-10-2-9-24-27)12-20(25-28)17-13-26(14-17)18-3-1-4-18;6-5(9)8-3-1-2-7-4-8/h2,7-12,15,17-18H,1,3-6,13-14H2;1-2,4H,3H2,(H2,6,9). The van der Waals surface area contributed by atoms with Gasteiger partial charge in [-0.15, -0.1) is 0 Å². The molecule has 1 aromatic carbocycles. The van der Waals surface area contributed by atoms with Crippen molar-refractivity contribution >= 4 is 12.4 Å². The highest BCUT2D eigenvalue weighted by Gasteiger charge is 2.37. The SMILES string of the molecule is Fc1cc(C2CC2)ccc1-n1nc(C2CN(C3CCC3)C2)cc1-n1cccn1.NC(=O)N1C=NC=CC1. The van der Waals surface area contributed by atoms with Crippen LogP contribution in [0.25, 0.3) is 11.5 Å². The van der Waals surface area contributed by atoms with Gasteiger partial charge in [0.2, 0.25) is 0 Å². The number of rotatable bonds is 5. The van der Waals surface area contributed by atoms with E-state index in [1.807, 2.05) is 24.4 Å². The van der Waals surface area contributed by atoms with Crippen LogP contribution < -0.4 is 5.73 Å². The third kappa shape index (κ3) is 4.93. The van der Waals surface area contributed by atoms with Gasteiger partial charge < -0.3 is 5.73 Å². The van der Waals surface area contributed by atoms with Gasteiger partial charge in [0.15, 0.2) is 5.82 Å². The highest BCUT2D eigenvalue weighted by molar-refractivity contribution is 5.85. The van der Waals surface area contributed by atoms with E-state index in [-0.39, 0.29) is 5.82 Å². The summed E-state index contributed by atoms with van der Waals surface area (Å²) in [7, 11) is 0. The summed E-state index contributed by atoms with van der Waals surface area (Å²) in [6, 6.07) is 9.86. The normalized spacial score (nSPS) is 19.8. The van der Waals surface area contributed by atoms with E-state index in [9.17, 15) is 9.18 Å². The van der Waals surface area contributed by atoms with Gasteiger partial charge >= 0.3 is 6.03 Å². The molecule has 3 fully saturated rings. The van der Waals surface area contributed by atoms with Gasteiger partial charge in [-0.2, -0.15) is 10.2 Å². The van der Waals surface area contributed by atoms with Gasteiger partial charge in [-0.05, 0) is 61.4 Å². The topological polar surface area (TPSA) is 97.6 Å². The van der Waals surface area contributed by atoms with Crippen LogP contribution in [0.2, 0.25) is 0 Å². The summed E-state index contributed by atoms with van der Waals surface area (Å²) in [6.07, 6.45) is 14.8. The molecular formula is C27H31FN8O. The van der Waals surface area contributed by atoms with Crippen LogP contribution in [-0.2, 0) is 0 Å². The number of aliphatic imine (C=N–C) groups is 1. The average molecular weight is 503 g/mol. The van der Waals surface area contributed by atoms with Crippen LogP contribution in [0.15, 0.2) is 60.0 Å². The van der Waals surface area contributed by atoms with Crippen LogP contribution >= 0.6 is 0 Å². The molecule has 7 rings (SSSR count). The van der Waals surface area contributed by atoms with E-state index >= 15 is 0 Å². The predicted octanol–water partition coefficient (Wildman–Crippen LogP) is 3.95. The minimum Gasteiger partial charge on any atom is -0.351 e. The minimum atomic E-state index is -0.469. The second kappa shape index (κ2) is 9.93. The van der Waals surface area contributed by atoms with E-state index in [0.29, 0.717) is 24.1 Å². The highest BCUT2D eigenvalue weighted by Crippen LogP contribution is 2.41. The Kier molecular flexibility index (Phi) is 6.33. The zero-order valence-electron chi connectivity index (χ0n) is 20.7. The number of carbonyl (C=O) groups is 1. The second-order valence-corrected chi connectivity index (χ2v) is 10.2. The molecule has 0 bridgehead atoms. The molecule has 2 aliphatic heterocycles. The van der Waals surface area contributed by atoms with Crippen LogP contribution in [0.5, 0.6) is 0 Å². The lowest BCUT2D eigenvalue weighted by Crippen LogP contribution is -2.53. The van der Waals surface area contributed by atoms with Crippen molar-refractivity contribution in [3.05, 3.63) is 72.1 Å². The van der Waals surface area contributed by atoms with Crippen molar-refractivity contribution in [2.45, 2.75) is 50.0 Å². The Balaban J connectivity index is 0.000000239. The molecule has 4 aliphatic rings. The first-order valence-corrected chi connectivity index (χ1v) is 12.9. The lowest BCUT2D eigenvalue weighted by atomic mass is 9.85. The summed E-state index contributed by atoms with van der Waals surface area (Å²) in [5.74, 6) is 1.54. The first-order valence-electron chi connectivity index (χ1n) is 12.9. The maximum absolute atomic E-state index is 15.0. The average Bonchev–Trinajstić information content (AvgIpc) is 3.39. The van der Waals surface area contributed by atoms with Crippen molar-refractivity contribution in [1.82, 2.24) is 29.4 Å². The summed E-state index contributed by atoms with van der Waals surface area (Å²) in [5, 5.41) is 9.20. The Morgan fingerprint density at radius 2 is 1.92 bits per heavy atom. The van der Waals surface area contributed by atoms with Crippen LogP contribution in [-0.4, -0.2) is 67.4 Å². The molecule has 37 heavy (non-hydrogen) atoms. The Hall–Kier alpha value is -3.79. The smallest absolute Gasteiger partial charge is 0.320 e. The number of hydrogen-bond donors (Lipinski definition) is 1. The van der Waals surface area contributed by atoms with Crippen molar-refractivity contribution in [2.75, 3.05) is 19.6 Å². The molecule has 0 spiro atoms. The van der Waals surface area contributed by atoms with E-state index in [4.69, 9.17) is 10.8 Å². The monoisotopic (exact) mass is 502 g/mol. The third-order valence-electron chi connectivity index (χ3n) is 7.60. The Bertz CT molecular complexity index is 1320. The predicted molar refractivity (Wildman–Crippen MR) is 138 cm³/mol. The van der Waals surface area contributed by atoms with E-state index < -0.39 is 6.03 Å². The molecule has 192 valence electrons. The Morgan fingerprint density at radius 1 is 1.08 bits per heavy atom. The molecule has 0 radical (unpaired) electrons. The maximum atomic E-state index is 15.0. The summed E-state index contributed by atoms with van der Waals surface area (Å²) >= 11 is 0. The molecule has 0 unspecified atom stereocenters. The van der Waals surface area contributed by atoms with E-state index in [0.717, 1.165) is 36.2 Å².